The number of pyridine rings is 1. The predicted octanol–water partition coefficient (Wildman–Crippen LogP) is 4.46. The van der Waals surface area contributed by atoms with Crippen LogP contribution in [0.5, 0.6) is 0 Å². The van der Waals surface area contributed by atoms with E-state index in [1.54, 1.807) is 4.90 Å². The molecule has 2 aromatic heterocycles. The molecule has 0 spiro atoms. The van der Waals surface area contributed by atoms with Crippen molar-refractivity contribution in [1.82, 2.24) is 19.9 Å². The average Bonchev–Trinajstić information content (AvgIpc) is 3.44. The molecule has 2 aliphatic rings. The Balaban J connectivity index is 1.21. The number of nitrogens with zero attached hydrogens (tertiary/aromatic N) is 5. The normalized spacial score (nSPS) is 19.2. The highest BCUT2D eigenvalue weighted by Gasteiger charge is 2.42. The Kier molecular flexibility index (Phi) is 5.31. The second-order valence-corrected chi connectivity index (χ2v) is 9.11. The van der Waals surface area contributed by atoms with E-state index in [4.69, 9.17) is 0 Å². The van der Waals surface area contributed by atoms with Gasteiger partial charge in [-0.05, 0) is 24.3 Å². The summed E-state index contributed by atoms with van der Waals surface area (Å²) in [4.78, 5) is 29.7. The number of aromatic nitrogens is 3. The maximum absolute atomic E-state index is 14.7. The van der Waals surface area contributed by atoms with Gasteiger partial charge in [-0.25, -0.2) is 22.5 Å². The lowest BCUT2D eigenvalue weighted by Crippen LogP contribution is -2.34. The van der Waals surface area contributed by atoms with E-state index in [1.807, 2.05) is 4.90 Å². The molecule has 0 saturated carbocycles. The zero-order chi connectivity index (χ0) is 25.0. The lowest BCUT2D eigenvalue weighted by atomic mass is 10.0. The number of rotatable bonds is 3. The van der Waals surface area contributed by atoms with Crippen LogP contribution in [0.15, 0.2) is 54.9 Å². The van der Waals surface area contributed by atoms with Crippen LogP contribution >= 0.6 is 0 Å². The van der Waals surface area contributed by atoms with Gasteiger partial charge in [-0.2, -0.15) is 0 Å². The molecule has 6 nitrogen and oxygen atoms in total. The van der Waals surface area contributed by atoms with Gasteiger partial charge in [0.15, 0.2) is 11.6 Å². The van der Waals surface area contributed by atoms with Crippen molar-refractivity contribution in [3.8, 4) is 11.3 Å². The minimum atomic E-state index is -0.983. The van der Waals surface area contributed by atoms with E-state index in [0.717, 1.165) is 12.1 Å². The SMILES string of the molecule is O=C(c1cccc(F)c1-c1ncccc1F)N1CC2CN(c3cnc4cc(F)c(F)cc4n3)CC2C1. The zero-order valence-corrected chi connectivity index (χ0v) is 18.8. The third-order valence-corrected chi connectivity index (χ3v) is 6.91. The molecule has 0 N–H and O–H groups in total. The van der Waals surface area contributed by atoms with E-state index >= 15 is 0 Å². The maximum atomic E-state index is 14.7. The van der Waals surface area contributed by atoms with Crippen molar-refractivity contribution < 1.29 is 22.4 Å². The molecule has 0 bridgehead atoms. The molecular formula is C26H19F4N5O. The molecule has 2 unspecified atom stereocenters. The molecule has 6 rings (SSSR count). The summed E-state index contributed by atoms with van der Waals surface area (Å²) in [6, 6.07) is 8.73. The fraction of sp³-hybridized carbons (Fsp3) is 0.231. The topological polar surface area (TPSA) is 62.2 Å². The number of hydrogen-bond acceptors (Lipinski definition) is 5. The highest BCUT2D eigenvalue weighted by atomic mass is 19.2. The summed E-state index contributed by atoms with van der Waals surface area (Å²) in [5.41, 5.74) is 0.258. The lowest BCUT2D eigenvalue weighted by Gasteiger charge is -2.23. The van der Waals surface area contributed by atoms with Crippen LogP contribution in [0, 0.1) is 35.1 Å². The third-order valence-electron chi connectivity index (χ3n) is 6.91. The number of benzene rings is 2. The van der Waals surface area contributed by atoms with Crippen LogP contribution in [0.1, 0.15) is 10.4 Å². The standard InChI is InChI=1S/C26H19F4N5O/c27-17-4-1-3-16(24(17)25-18(28)5-2-6-31-25)26(36)35-12-14-10-34(11-15(14)13-35)23-9-32-21-7-19(29)20(30)8-22(21)33-23/h1-9,14-15H,10-13H2. The van der Waals surface area contributed by atoms with Crippen molar-refractivity contribution in [1.29, 1.82) is 0 Å². The fourth-order valence-electron chi connectivity index (χ4n) is 5.18. The van der Waals surface area contributed by atoms with Gasteiger partial charge in [0.1, 0.15) is 23.1 Å². The number of fused-ring (bicyclic) bond motifs is 2. The first-order chi connectivity index (χ1) is 17.4. The Hall–Kier alpha value is -4.08. The van der Waals surface area contributed by atoms with Crippen LogP contribution in [0.2, 0.25) is 0 Å². The molecule has 2 aromatic carbocycles. The molecule has 0 aliphatic carbocycles. The Bertz CT molecular complexity index is 1500. The van der Waals surface area contributed by atoms with Crippen LogP contribution < -0.4 is 4.90 Å². The summed E-state index contributed by atoms with van der Waals surface area (Å²) in [5, 5.41) is 0. The van der Waals surface area contributed by atoms with Gasteiger partial charge in [-0.15, -0.1) is 0 Å². The fourth-order valence-corrected chi connectivity index (χ4v) is 5.18. The Labute approximate surface area is 203 Å². The number of carbonyl (C=O) groups excluding carboxylic acids is 1. The zero-order valence-electron chi connectivity index (χ0n) is 18.8. The van der Waals surface area contributed by atoms with Gasteiger partial charge in [0.2, 0.25) is 0 Å². The number of carbonyl (C=O) groups is 1. The highest BCUT2D eigenvalue weighted by molar-refractivity contribution is 6.00. The number of likely N-dealkylation sites (tertiary alicyclic amines) is 1. The van der Waals surface area contributed by atoms with E-state index in [2.05, 4.69) is 15.0 Å². The molecular weight excluding hydrogens is 474 g/mol. The molecule has 10 heteroatoms. The van der Waals surface area contributed by atoms with Crippen molar-refractivity contribution in [2.45, 2.75) is 0 Å². The summed E-state index contributed by atoms with van der Waals surface area (Å²) < 4.78 is 56.3. The van der Waals surface area contributed by atoms with Gasteiger partial charge in [0.05, 0.1) is 28.4 Å². The van der Waals surface area contributed by atoms with E-state index in [-0.39, 0.29) is 45.6 Å². The quantitative estimate of drug-likeness (QED) is 0.395. The minimum absolute atomic E-state index is 0.0686. The molecule has 2 aliphatic heterocycles. The molecule has 36 heavy (non-hydrogen) atoms. The minimum Gasteiger partial charge on any atom is -0.355 e. The van der Waals surface area contributed by atoms with Gasteiger partial charge in [-0.3, -0.25) is 14.8 Å². The molecule has 182 valence electrons. The van der Waals surface area contributed by atoms with Crippen LogP contribution in [-0.4, -0.2) is 51.9 Å². The summed E-state index contributed by atoms with van der Waals surface area (Å²) >= 11 is 0. The van der Waals surface area contributed by atoms with Gasteiger partial charge in [0.25, 0.3) is 5.91 Å². The first kappa shape index (κ1) is 22.4. The summed E-state index contributed by atoms with van der Waals surface area (Å²) in [7, 11) is 0. The molecule has 0 radical (unpaired) electrons. The first-order valence-electron chi connectivity index (χ1n) is 11.4. The average molecular weight is 493 g/mol. The van der Waals surface area contributed by atoms with Gasteiger partial charge in [0, 0.05) is 56.3 Å². The highest BCUT2D eigenvalue weighted by Crippen LogP contribution is 2.36. The molecule has 2 atom stereocenters. The Morgan fingerprint density at radius 3 is 2.22 bits per heavy atom. The van der Waals surface area contributed by atoms with Crippen LogP contribution in [0.4, 0.5) is 23.4 Å². The number of halogens is 4. The van der Waals surface area contributed by atoms with Gasteiger partial charge >= 0.3 is 0 Å². The largest absolute Gasteiger partial charge is 0.355 e. The number of amides is 1. The van der Waals surface area contributed by atoms with Crippen molar-refractivity contribution in [3.63, 3.8) is 0 Å². The molecule has 2 fully saturated rings. The monoisotopic (exact) mass is 493 g/mol. The summed E-state index contributed by atoms with van der Waals surface area (Å²) in [6.45, 7) is 2.09. The van der Waals surface area contributed by atoms with Crippen LogP contribution in [0.3, 0.4) is 0 Å². The smallest absolute Gasteiger partial charge is 0.254 e. The van der Waals surface area contributed by atoms with E-state index in [0.29, 0.717) is 32.0 Å². The van der Waals surface area contributed by atoms with Crippen molar-refractivity contribution >= 4 is 22.8 Å². The molecule has 4 heterocycles. The summed E-state index contributed by atoms with van der Waals surface area (Å²) in [5.74, 6) is -2.92. The van der Waals surface area contributed by atoms with Crippen LogP contribution in [0.25, 0.3) is 22.3 Å². The van der Waals surface area contributed by atoms with Gasteiger partial charge < -0.3 is 9.80 Å². The van der Waals surface area contributed by atoms with E-state index in [1.165, 1.54) is 42.7 Å². The van der Waals surface area contributed by atoms with Gasteiger partial charge in [-0.1, -0.05) is 6.07 Å². The van der Waals surface area contributed by atoms with Crippen molar-refractivity contribution in [3.05, 3.63) is 83.7 Å². The van der Waals surface area contributed by atoms with Crippen molar-refractivity contribution in [2.75, 3.05) is 31.1 Å². The molecule has 2 saturated heterocycles. The van der Waals surface area contributed by atoms with E-state index in [9.17, 15) is 22.4 Å². The Morgan fingerprint density at radius 2 is 1.50 bits per heavy atom. The van der Waals surface area contributed by atoms with E-state index < -0.39 is 23.3 Å². The third kappa shape index (κ3) is 3.73. The van der Waals surface area contributed by atoms with Crippen LogP contribution in [-0.2, 0) is 0 Å². The summed E-state index contributed by atoms with van der Waals surface area (Å²) in [6.07, 6.45) is 2.89. The second-order valence-electron chi connectivity index (χ2n) is 9.11. The maximum Gasteiger partial charge on any atom is 0.254 e. The number of anilines is 1. The lowest BCUT2D eigenvalue weighted by molar-refractivity contribution is 0.0783. The first-order valence-corrected chi connectivity index (χ1v) is 11.4. The second kappa shape index (κ2) is 8.54. The molecule has 1 amide bonds. The molecule has 4 aromatic rings. The predicted molar refractivity (Wildman–Crippen MR) is 124 cm³/mol. The van der Waals surface area contributed by atoms with Crippen molar-refractivity contribution in [2.24, 2.45) is 11.8 Å². The Morgan fingerprint density at radius 1 is 0.806 bits per heavy atom. The number of hydrogen-bond donors (Lipinski definition) is 0.